The Morgan fingerprint density at radius 1 is 1.29 bits per heavy atom. The zero-order chi connectivity index (χ0) is 16.0. The van der Waals surface area contributed by atoms with Crippen molar-refractivity contribution in [2.45, 2.75) is 39.3 Å². The van der Waals surface area contributed by atoms with Gasteiger partial charge in [-0.05, 0) is 19.4 Å². The lowest BCUT2D eigenvalue weighted by molar-refractivity contribution is -0.132. The van der Waals surface area contributed by atoms with E-state index in [4.69, 9.17) is 5.73 Å². The molecule has 0 bridgehead atoms. The fraction of sp³-hybridized carbons (Fsp3) is 0.500. The van der Waals surface area contributed by atoms with Crippen LogP contribution in [0.1, 0.15) is 37.4 Å². The molecule has 0 aliphatic heterocycles. The molecule has 0 fully saturated rings. The molecule has 5 nitrogen and oxygen atoms in total. The van der Waals surface area contributed by atoms with Crippen molar-refractivity contribution in [2.24, 2.45) is 5.73 Å². The van der Waals surface area contributed by atoms with E-state index >= 15 is 0 Å². The van der Waals surface area contributed by atoms with Gasteiger partial charge in [0.15, 0.2) is 0 Å². The zero-order valence-electron chi connectivity index (χ0n) is 13.2. The van der Waals surface area contributed by atoms with Gasteiger partial charge in [0.1, 0.15) is 0 Å². The molecule has 2 unspecified atom stereocenters. The van der Waals surface area contributed by atoms with Gasteiger partial charge in [-0.1, -0.05) is 29.8 Å². The third kappa shape index (κ3) is 5.19. The van der Waals surface area contributed by atoms with Crippen LogP contribution in [0.2, 0.25) is 0 Å². The topological polar surface area (TPSA) is 75.4 Å². The Morgan fingerprint density at radius 2 is 1.86 bits per heavy atom. The minimum absolute atomic E-state index is 0.0199. The zero-order valence-corrected chi connectivity index (χ0v) is 13.2. The van der Waals surface area contributed by atoms with Crippen LogP contribution in [0.15, 0.2) is 24.3 Å². The fourth-order valence-corrected chi connectivity index (χ4v) is 2.02. The third-order valence-corrected chi connectivity index (χ3v) is 3.63. The van der Waals surface area contributed by atoms with Crippen molar-refractivity contribution in [1.29, 1.82) is 0 Å². The molecule has 1 rings (SSSR count). The number of carbonyl (C=O) groups is 2. The van der Waals surface area contributed by atoms with Crippen LogP contribution in [0.5, 0.6) is 0 Å². The van der Waals surface area contributed by atoms with Crippen molar-refractivity contribution >= 4 is 11.8 Å². The van der Waals surface area contributed by atoms with Crippen LogP contribution in [0, 0.1) is 6.92 Å². The van der Waals surface area contributed by atoms with Crippen LogP contribution in [0.3, 0.4) is 0 Å². The van der Waals surface area contributed by atoms with E-state index in [0.29, 0.717) is 6.54 Å². The quantitative estimate of drug-likeness (QED) is 0.831. The molecule has 0 heterocycles. The molecule has 2 atom stereocenters. The molecule has 0 aliphatic carbocycles. The molecular weight excluding hydrogens is 266 g/mol. The van der Waals surface area contributed by atoms with Gasteiger partial charge in [-0.3, -0.25) is 9.59 Å². The molecule has 5 heteroatoms. The number of aryl methyl sites for hydroxylation is 1. The molecule has 116 valence electrons. The summed E-state index contributed by atoms with van der Waals surface area (Å²) >= 11 is 0. The molecular formula is C16H25N3O2. The SMILES string of the molecule is CC(=O)NC(CC(=O)N(C)C(C)CN)c1ccc(C)cc1. The van der Waals surface area contributed by atoms with E-state index < -0.39 is 0 Å². The lowest BCUT2D eigenvalue weighted by Gasteiger charge is -2.26. The highest BCUT2D eigenvalue weighted by Gasteiger charge is 2.21. The van der Waals surface area contributed by atoms with E-state index in [1.54, 1.807) is 11.9 Å². The Bertz CT molecular complexity index is 485. The maximum absolute atomic E-state index is 12.3. The summed E-state index contributed by atoms with van der Waals surface area (Å²) < 4.78 is 0. The number of hydrogen-bond acceptors (Lipinski definition) is 3. The number of amides is 2. The Balaban J connectivity index is 2.86. The number of likely N-dealkylation sites (N-methyl/N-ethyl adjacent to an activating group) is 1. The third-order valence-electron chi connectivity index (χ3n) is 3.63. The van der Waals surface area contributed by atoms with E-state index in [1.165, 1.54) is 6.92 Å². The maximum Gasteiger partial charge on any atom is 0.225 e. The number of benzene rings is 1. The Hall–Kier alpha value is -1.88. The summed E-state index contributed by atoms with van der Waals surface area (Å²) in [6.07, 6.45) is 0.226. The smallest absolute Gasteiger partial charge is 0.225 e. The molecule has 3 N–H and O–H groups in total. The first-order valence-electron chi connectivity index (χ1n) is 7.14. The normalized spacial score (nSPS) is 13.4. The predicted octanol–water partition coefficient (Wildman–Crippen LogP) is 1.37. The van der Waals surface area contributed by atoms with Gasteiger partial charge in [-0.25, -0.2) is 0 Å². The summed E-state index contributed by atoms with van der Waals surface area (Å²) in [5, 5.41) is 2.84. The summed E-state index contributed by atoms with van der Waals surface area (Å²) in [5.41, 5.74) is 7.65. The van der Waals surface area contributed by atoms with E-state index in [-0.39, 0.29) is 30.3 Å². The monoisotopic (exact) mass is 291 g/mol. The van der Waals surface area contributed by atoms with E-state index in [0.717, 1.165) is 11.1 Å². The first-order valence-corrected chi connectivity index (χ1v) is 7.14. The van der Waals surface area contributed by atoms with Crippen LogP contribution in [0.25, 0.3) is 0 Å². The first kappa shape index (κ1) is 17.2. The van der Waals surface area contributed by atoms with Gasteiger partial charge in [-0.15, -0.1) is 0 Å². The van der Waals surface area contributed by atoms with Crippen molar-refractivity contribution in [3.63, 3.8) is 0 Å². The summed E-state index contributed by atoms with van der Waals surface area (Å²) in [5.74, 6) is -0.185. The van der Waals surface area contributed by atoms with Crippen LogP contribution in [0.4, 0.5) is 0 Å². The summed E-state index contributed by atoms with van der Waals surface area (Å²) in [4.78, 5) is 25.3. The Morgan fingerprint density at radius 3 is 2.33 bits per heavy atom. The largest absolute Gasteiger partial charge is 0.349 e. The lowest BCUT2D eigenvalue weighted by atomic mass is 10.0. The Kier molecular flexibility index (Phi) is 6.37. The van der Waals surface area contributed by atoms with E-state index in [1.807, 2.05) is 38.1 Å². The number of carbonyl (C=O) groups excluding carboxylic acids is 2. The van der Waals surface area contributed by atoms with E-state index in [2.05, 4.69) is 5.32 Å². The fourth-order valence-electron chi connectivity index (χ4n) is 2.02. The minimum Gasteiger partial charge on any atom is -0.349 e. The van der Waals surface area contributed by atoms with Gasteiger partial charge in [0.2, 0.25) is 11.8 Å². The predicted molar refractivity (Wildman–Crippen MR) is 83.6 cm³/mol. The van der Waals surface area contributed by atoms with Gasteiger partial charge < -0.3 is 16.0 Å². The molecule has 1 aromatic rings. The van der Waals surface area contributed by atoms with Gasteiger partial charge in [0.05, 0.1) is 12.5 Å². The van der Waals surface area contributed by atoms with Gasteiger partial charge in [0.25, 0.3) is 0 Å². The highest BCUT2D eigenvalue weighted by Crippen LogP contribution is 2.19. The second-order valence-corrected chi connectivity index (χ2v) is 5.46. The van der Waals surface area contributed by atoms with Crippen molar-refractivity contribution in [3.8, 4) is 0 Å². The second-order valence-electron chi connectivity index (χ2n) is 5.46. The molecule has 21 heavy (non-hydrogen) atoms. The second kappa shape index (κ2) is 7.78. The van der Waals surface area contributed by atoms with E-state index in [9.17, 15) is 9.59 Å². The number of nitrogens with zero attached hydrogens (tertiary/aromatic N) is 1. The van der Waals surface area contributed by atoms with Gasteiger partial charge >= 0.3 is 0 Å². The van der Waals surface area contributed by atoms with Gasteiger partial charge in [0, 0.05) is 26.6 Å². The molecule has 0 spiro atoms. The number of hydrogen-bond donors (Lipinski definition) is 2. The van der Waals surface area contributed by atoms with Crippen LogP contribution >= 0.6 is 0 Å². The molecule has 0 saturated carbocycles. The minimum atomic E-state index is -0.317. The molecule has 1 aromatic carbocycles. The van der Waals surface area contributed by atoms with Crippen LogP contribution in [-0.2, 0) is 9.59 Å². The molecule has 0 aromatic heterocycles. The highest BCUT2D eigenvalue weighted by atomic mass is 16.2. The summed E-state index contributed by atoms with van der Waals surface area (Å²) in [7, 11) is 1.74. The lowest BCUT2D eigenvalue weighted by Crippen LogP contribution is -2.41. The average molecular weight is 291 g/mol. The molecule has 0 saturated heterocycles. The number of nitrogens with two attached hydrogens (primary N) is 1. The van der Waals surface area contributed by atoms with Crippen molar-refractivity contribution < 1.29 is 9.59 Å². The van der Waals surface area contributed by atoms with Crippen LogP contribution < -0.4 is 11.1 Å². The maximum atomic E-state index is 12.3. The average Bonchev–Trinajstić information content (AvgIpc) is 2.45. The molecule has 0 aliphatic rings. The number of rotatable bonds is 6. The van der Waals surface area contributed by atoms with Gasteiger partial charge in [-0.2, -0.15) is 0 Å². The highest BCUT2D eigenvalue weighted by molar-refractivity contribution is 5.79. The van der Waals surface area contributed by atoms with Crippen molar-refractivity contribution in [3.05, 3.63) is 35.4 Å². The van der Waals surface area contributed by atoms with Crippen molar-refractivity contribution in [2.75, 3.05) is 13.6 Å². The summed E-state index contributed by atoms with van der Waals surface area (Å²) in [6.45, 7) is 5.77. The standard InChI is InChI=1S/C16H25N3O2/c1-11-5-7-14(8-6-11)15(18-13(3)20)9-16(21)19(4)12(2)10-17/h5-8,12,15H,9-10,17H2,1-4H3,(H,18,20). The Labute approximate surface area is 126 Å². The first-order chi connectivity index (χ1) is 9.85. The molecule has 2 amide bonds. The number of nitrogens with one attached hydrogen (secondary N) is 1. The van der Waals surface area contributed by atoms with Crippen molar-refractivity contribution in [1.82, 2.24) is 10.2 Å². The summed E-state index contributed by atoms with van der Waals surface area (Å²) in [6, 6.07) is 7.49. The van der Waals surface area contributed by atoms with Crippen LogP contribution in [-0.4, -0.2) is 36.3 Å². The molecule has 0 radical (unpaired) electrons.